The molecule has 11 heteroatoms. The molecule has 1 saturated heterocycles. The molecule has 1 aliphatic rings. The van der Waals surface area contributed by atoms with Crippen LogP contribution in [0.2, 0.25) is 0 Å². The maximum Gasteiger partial charge on any atom is 0.244 e. The van der Waals surface area contributed by atoms with Gasteiger partial charge in [0.25, 0.3) is 0 Å². The number of anilines is 2. The fraction of sp³-hybridized carbons (Fsp3) is 0.500. The summed E-state index contributed by atoms with van der Waals surface area (Å²) in [5.41, 5.74) is 0.816. The van der Waals surface area contributed by atoms with E-state index in [0.29, 0.717) is 44.0 Å². The number of sulfonamides is 1. The Balaban J connectivity index is 1.85. The lowest BCUT2D eigenvalue weighted by Crippen LogP contribution is -2.38. The molecule has 0 radical (unpaired) electrons. The molecule has 0 spiro atoms. The van der Waals surface area contributed by atoms with Crippen LogP contribution < -0.4 is 19.3 Å². The van der Waals surface area contributed by atoms with Crippen molar-refractivity contribution >= 4 is 21.9 Å². The predicted octanol–water partition coefficient (Wildman–Crippen LogP) is 0.570. The number of methoxy groups -OCH3 is 1. The molecule has 0 bridgehead atoms. The molecule has 1 aliphatic heterocycles. The van der Waals surface area contributed by atoms with Crippen LogP contribution in [0.1, 0.15) is 11.4 Å². The molecule has 0 saturated carbocycles. The number of nitrogens with one attached hydrogen (secondary N) is 1. The van der Waals surface area contributed by atoms with Gasteiger partial charge in [0, 0.05) is 27.2 Å². The zero-order chi connectivity index (χ0) is 21.0. The first kappa shape index (κ1) is 21.2. The molecule has 0 amide bonds. The normalized spacial score (nSPS) is 14.7. The lowest BCUT2D eigenvalue weighted by molar-refractivity contribution is 0.122. The van der Waals surface area contributed by atoms with Crippen molar-refractivity contribution in [3.05, 3.63) is 29.6 Å². The molecule has 2 aromatic rings. The van der Waals surface area contributed by atoms with Crippen LogP contribution in [-0.4, -0.2) is 70.9 Å². The summed E-state index contributed by atoms with van der Waals surface area (Å²) in [6, 6.07) is 4.99. The van der Waals surface area contributed by atoms with E-state index in [0.717, 1.165) is 5.56 Å². The first-order chi connectivity index (χ1) is 13.8. The van der Waals surface area contributed by atoms with E-state index >= 15 is 0 Å². The third-order valence-electron chi connectivity index (χ3n) is 4.38. The van der Waals surface area contributed by atoms with Crippen LogP contribution in [0.15, 0.2) is 23.1 Å². The monoisotopic (exact) mass is 422 g/mol. The largest absolute Gasteiger partial charge is 0.495 e. The Labute approximate surface area is 170 Å². The molecule has 2 heterocycles. The zero-order valence-electron chi connectivity index (χ0n) is 17.0. The second-order valence-electron chi connectivity index (χ2n) is 6.82. The number of hydrogen-bond acceptors (Lipinski definition) is 9. The number of nitrogens with zero attached hydrogens (tertiary/aromatic N) is 5. The average Bonchev–Trinajstić information content (AvgIpc) is 2.72. The molecule has 1 aromatic heterocycles. The van der Waals surface area contributed by atoms with Gasteiger partial charge in [-0.25, -0.2) is 13.1 Å². The Morgan fingerprint density at radius 1 is 1.21 bits per heavy atom. The molecule has 158 valence electrons. The molecule has 0 aliphatic carbocycles. The number of aryl methyl sites for hydroxylation is 1. The van der Waals surface area contributed by atoms with E-state index in [4.69, 9.17) is 9.47 Å². The van der Waals surface area contributed by atoms with Crippen molar-refractivity contribution in [2.45, 2.75) is 18.4 Å². The van der Waals surface area contributed by atoms with Crippen LogP contribution in [0.25, 0.3) is 0 Å². The van der Waals surface area contributed by atoms with E-state index in [1.165, 1.54) is 7.11 Å². The molecule has 1 fully saturated rings. The second-order valence-corrected chi connectivity index (χ2v) is 8.56. The SMILES string of the molecule is COc1ccc(C)cc1S(=O)(=O)NCc1nc(N(C)C)nc(N2CCOCC2)n1. The Kier molecular flexibility index (Phi) is 6.50. The van der Waals surface area contributed by atoms with Crippen molar-refractivity contribution in [2.75, 3.05) is 57.3 Å². The minimum absolute atomic E-state index is 0.0693. The minimum Gasteiger partial charge on any atom is -0.495 e. The standard InChI is InChI=1S/C18H26N6O4S/c1-13-5-6-14(27-4)15(11-13)29(25,26)19-12-16-20-17(23(2)3)22-18(21-16)24-7-9-28-10-8-24/h5-6,11,19H,7-10,12H2,1-4H3. The molecule has 1 N–H and O–H groups in total. The van der Waals surface area contributed by atoms with Gasteiger partial charge in [-0.1, -0.05) is 6.07 Å². The van der Waals surface area contributed by atoms with Gasteiger partial charge >= 0.3 is 0 Å². The third kappa shape index (κ3) is 5.11. The smallest absolute Gasteiger partial charge is 0.244 e. The maximum absolute atomic E-state index is 12.8. The lowest BCUT2D eigenvalue weighted by atomic mass is 10.2. The minimum atomic E-state index is -3.82. The van der Waals surface area contributed by atoms with Gasteiger partial charge in [-0.15, -0.1) is 0 Å². The van der Waals surface area contributed by atoms with Crippen LogP contribution >= 0.6 is 0 Å². The molecule has 29 heavy (non-hydrogen) atoms. The van der Waals surface area contributed by atoms with Crippen molar-refractivity contribution < 1.29 is 17.9 Å². The van der Waals surface area contributed by atoms with Crippen molar-refractivity contribution in [1.29, 1.82) is 0 Å². The van der Waals surface area contributed by atoms with Crippen LogP contribution in [0, 0.1) is 6.92 Å². The molecule has 0 unspecified atom stereocenters. The summed E-state index contributed by atoms with van der Waals surface area (Å²) < 4.78 is 38.8. The third-order valence-corrected chi connectivity index (χ3v) is 5.80. The van der Waals surface area contributed by atoms with E-state index in [1.54, 1.807) is 23.1 Å². The maximum atomic E-state index is 12.8. The summed E-state index contributed by atoms with van der Waals surface area (Å²) in [5, 5.41) is 0. The summed E-state index contributed by atoms with van der Waals surface area (Å²) in [5.74, 6) is 1.58. The van der Waals surface area contributed by atoms with Crippen LogP contribution in [-0.2, 0) is 21.3 Å². The van der Waals surface area contributed by atoms with Crippen LogP contribution in [0.5, 0.6) is 5.75 Å². The molecule has 1 aromatic carbocycles. The first-order valence-electron chi connectivity index (χ1n) is 9.19. The number of aromatic nitrogens is 3. The molecular formula is C18H26N6O4S. The highest BCUT2D eigenvalue weighted by molar-refractivity contribution is 7.89. The fourth-order valence-electron chi connectivity index (χ4n) is 2.81. The number of ether oxygens (including phenoxy) is 2. The van der Waals surface area contributed by atoms with E-state index < -0.39 is 10.0 Å². The summed E-state index contributed by atoms with van der Waals surface area (Å²) in [7, 11) is 1.27. The van der Waals surface area contributed by atoms with Gasteiger partial charge in [0.2, 0.25) is 21.9 Å². The molecule has 10 nitrogen and oxygen atoms in total. The Hall–Kier alpha value is -2.50. The van der Waals surface area contributed by atoms with Gasteiger partial charge in [0.1, 0.15) is 10.6 Å². The number of benzene rings is 1. The van der Waals surface area contributed by atoms with E-state index in [-0.39, 0.29) is 17.2 Å². The van der Waals surface area contributed by atoms with Gasteiger partial charge in [0.05, 0.1) is 26.9 Å². The van der Waals surface area contributed by atoms with Gasteiger partial charge in [-0.3, -0.25) is 0 Å². The van der Waals surface area contributed by atoms with Crippen LogP contribution in [0.3, 0.4) is 0 Å². The Morgan fingerprint density at radius 2 is 1.93 bits per heavy atom. The number of rotatable bonds is 7. The van der Waals surface area contributed by atoms with E-state index in [9.17, 15) is 8.42 Å². The highest BCUT2D eigenvalue weighted by Crippen LogP contribution is 2.24. The van der Waals surface area contributed by atoms with Gasteiger partial charge < -0.3 is 19.3 Å². The lowest BCUT2D eigenvalue weighted by Gasteiger charge is -2.27. The zero-order valence-corrected chi connectivity index (χ0v) is 17.9. The second kappa shape index (κ2) is 8.89. The summed E-state index contributed by atoms with van der Waals surface area (Å²) in [6.07, 6.45) is 0. The summed E-state index contributed by atoms with van der Waals surface area (Å²) in [6.45, 7) is 4.28. The summed E-state index contributed by atoms with van der Waals surface area (Å²) in [4.78, 5) is 17.1. The Morgan fingerprint density at radius 3 is 2.59 bits per heavy atom. The quantitative estimate of drug-likeness (QED) is 0.685. The van der Waals surface area contributed by atoms with Gasteiger partial charge in [-0.2, -0.15) is 15.0 Å². The van der Waals surface area contributed by atoms with Crippen molar-refractivity contribution in [3.8, 4) is 5.75 Å². The molecular weight excluding hydrogens is 396 g/mol. The van der Waals surface area contributed by atoms with E-state index in [2.05, 4.69) is 19.7 Å². The predicted molar refractivity (Wildman–Crippen MR) is 109 cm³/mol. The van der Waals surface area contributed by atoms with Crippen molar-refractivity contribution in [3.63, 3.8) is 0 Å². The van der Waals surface area contributed by atoms with Crippen molar-refractivity contribution in [2.24, 2.45) is 0 Å². The highest BCUT2D eigenvalue weighted by Gasteiger charge is 2.22. The molecule has 3 rings (SSSR count). The first-order valence-corrected chi connectivity index (χ1v) is 10.7. The van der Waals surface area contributed by atoms with Crippen LogP contribution in [0.4, 0.5) is 11.9 Å². The average molecular weight is 423 g/mol. The van der Waals surface area contributed by atoms with E-state index in [1.807, 2.05) is 25.9 Å². The fourth-order valence-corrected chi connectivity index (χ4v) is 4.04. The van der Waals surface area contributed by atoms with Crippen molar-refractivity contribution in [1.82, 2.24) is 19.7 Å². The Bertz CT molecular complexity index is 961. The number of hydrogen-bond donors (Lipinski definition) is 1. The van der Waals surface area contributed by atoms with Gasteiger partial charge in [0.15, 0.2) is 5.82 Å². The topological polar surface area (TPSA) is 110 Å². The summed E-state index contributed by atoms with van der Waals surface area (Å²) >= 11 is 0. The number of morpholine rings is 1. The molecule has 0 atom stereocenters. The highest BCUT2D eigenvalue weighted by atomic mass is 32.2. The van der Waals surface area contributed by atoms with Gasteiger partial charge in [-0.05, 0) is 24.6 Å².